The maximum atomic E-state index is 13.2. The highest BCUT2D eigenvalue weighted by atomic mass is 35.5. The van der Waals surface area contributed by atoms with E-state index in [1.54, 1.807) is 164 Å². The van der Waals surface area contributed by atoms with Gasteiger partial charge in [0.05, 0.1) is 78.0 Å². The minimum Gasteiger partial charge on any atom is -0.349 e. The SMILES string of the molecule is CCC(Cc1ccccc1)NC(=O)c1ccccc1NS(=O)(=O)c1cccc2cccnc12.CCC(NC(=O)c1ccccc1NS(=O)(=O)c1cccc2cccnc12)c1cccnc1.CC[C@H](NC(=O)c1cc(Cl)ccc1NS(=O)(=O)c1ccc(Cl)s1)c1ccccc1.O=C(NC1CCCCC1)c1ccccc1NS(=O)(=O)c1cccc2cccnc12. The van der Waals surface area contributed by atoms with Crippen LogP contribution in [0.15, 0.2) is 317 Å². The van der Waals surface area contributed by atoms with Gasteiger partial charge in [0.15, 0.2) is 0 Å². The van der Waals surface area contributed by atoms with E-state index < -0.39 is 46.0 Å². The summed E-state index contributed by atoms with van der Waals surface area (Å²) in [5.74, 6) is -1.39. The van der Waals surface area contributed by atoms with Crippen molar-refractivity contribution >= 4 is 154 Å². The molecule has 123 heavy (non-hydrogen) atoms. The Balaban J connectivity index is 0.000000150. The summed E-state index contributed by atoms with van der Waals surface area (Å²) >= 11 is 12.8. The first-order valence-corrected chi connectivity index (χ1v) is 47.0. The van der Waals surface area contributed by atoms with Gasteiger partial charge in [-0.1, -0.05) is 221 Å². The van der Waals surface area contributed by atoms with Crippen LogP contribution in [0.4, 0.5) is 22.7 Å². The quantitative estimate of drug-likeness (QED) is 0.0237. The number of carbonyl (C=O) groups is 4. The zero-order chi connectivity index (χ0) is 87.1. The molecule has 0 radical (unpaired) electrons. The van der Waals surface area contributed by atoms with Gasteiger partial charge in [0.1, 0.15) is 18.9 Å². The number of benzene rings is 9. The molecule has 5 aromatic heterocycles. The second kappa shape index (κ2) is 41.9. The Labute approximate surface area is 729 Å². The summed E-state index contributed by atoms with van der Waals surface area (Å²) in [7, 11) is -15.8. The molecule has 1 aliphatic carbocycles. The minimum atomic E-state index is -3.98. The summed E-state index contributed by atoms with van der Waals surface area (Å²) in [6, 6.07) is 75.6. The standard InChI is InChI=1S/C26H25N3O3S.C24H22N4O3S.C22H23N3O3S.C20H18Cl2N2O3S2/c1-2-21(18-19-10-4-3-5-11-19)28-26(30)22-14-6-7-15-23(22)29-33(31,32)24-16-8-12-20-13-9-17-27-25(20)24;1-2-20(18-10-6-14-25-16-18)27-24(29)19-11-3-4-12-21(19)28-32(30,31)22-13-5-8-17-9-7-15-26-23(17)22;26-22(24-17-10-2-1-3-11-17)18-12-4-5-13-19(18)25-29(27,28)20-14-6-8-16-9-7-15-23-21(16)20;1-2-16(13-6-4-3-5-7-13)23-20(25)15-12-14(21)8-9-17(15)24-29(26,27)19-11-10-18(22)28-19/h3-17,21,29H,2,18H2,1H3,(H,28,30);3-16,20,28H,2H2,1H3,(H,27,29);4-9,12-15,17,25H,1-3,10-11H2,(H,24,26);3-12,16,24H,2H2,1H3,(H,23,25)/t;;;16-/m...0/s1. The van der Waals surface area contributed by atoms with E-state index in [1.165, 1.54) is 55.0 Å². The van der Waals surface area contributed by atoms with E-state index in [0.29, 0.717) is 56.1 Å². The third-order valence-corrected chi connectivity index (χ3v) is 27.5. The number of carbonyl (C=O) groups excluding carboxylic acids is 4. The van der Waals surface area contributed by atoms with Crippen molar-refractivity contribution in [2.75, 3.05) is 18.9 Å². The Kier molecular flexibility index (Phi) is 30.6. The van der Waals surface area contributed by atoms with Crippen LogP contribution in [0.3, 0.4) is 0 Å². The lowest BCUT2D eigenvalue weighted by molar-refractivity contribution is 0.0921. The molecular formula is C92H88Cl2N12O12S5. The van der Waals surface area contributed by atoms with Gasteiger partial charge in [-0.25, -0.2) is 33.7 Å². The average molecular weight is 1790 g/mol. The van der Waals surface area contributed by atoms with Gasteiger partial charge in [0.2, 0.25) is 0 Å². The van der Waals surface area contributed by atoms with E-state index in [4.69, 9.17) is 23.2 Å². The highest BCUT2D eigenvalue weighted by molar-refractivity contribution is 7.95. The number of nitrogens with one attached hydrogen (secondary N) is 8. The van der Waals surface area contributed by atoms with Gasteiger partial charge >= 0.3 is 0 Å². The van der Waals surface area contributed by atoms with Crippen LogP contribution in [0.25, 0.3) is 32.7 Å². The van der Waals surface area contributed by atoms with Crippen molar-refractivity contribution in [3.63, 3.8) is 0 Å². The maximum absolute atomic E-state index is 13.2. The Morgan fingerprint density at radius 2 is 0.797 bits per heavy atom. The van der Waals surface area contributed by atoms with Gasteiger partial charge in [-0.2, -0.15) is 0 Å². The molecule has 0 bridgehead atoms. The van der Waals surface area contributed by atoms with Crippen molar-refractivity contribution in [3.8, 4) is 0 Å². The van der Waals surface area contributed by atoms with Crippen LogP contribution in [0, 0.1) is 0 Å². The number of fused-ring (bicyclic) bond motifs is 3. The number of hydrogen-bond acceptors (Lipinski definition) is 17. The molecule has 0 spiro atoms. The Morgan fingerprint density at radius 1 is 0.390 bits per heavy atom. The Bertz CT molecular complexity index is 6550. The average Bonchev–Trinajstić information content (AvgIpc) is 0.982. The molecule has 8 N–H and O–H groups in total. The predicted molar refractivity (Wildman–Crippen MR) is 486 cm³/mol. The number of anilines is 4. The number of aromatic nitrogens is 4. The van der Waals surface area contributed by atoms with Crippen LogP contribution in [0.2, 0.25) is 9.36 Å². The van der Waals surface area contributed by atoms with Crippen LogP contribution >= 0.6 is 34.5 Å². The lowest BCUT2D eigenvalue weighted by Crippen LogP contribution is -2.36. The van der Waals surface area contributed by atoms with Crippen molar-refractivity contribution < 1.29 is 52.8 Å². The highest BCUT2D eigenvalue weighted by Gasteiger charge is 2.29. The third kappa shape index (κ3) is 23.6. The number of sulfonamides is 4. The zero-order valence-corrected chi connectivity index (χ0v) is 72.5. The molecule has 4 amide bonds. The lowest BCUT2D eigenvalue weighted by Gasteiger charge is -2.23. The summed E-state index contributed by atoms with van der Waals surface area (Å²) in [5, 5.41) is 14.5. The van der Waals surface area contributed by atoms with E-state index in [-0.39, 0.29) is 100 Å². The highest BCUT2D eigenvalue weighted by Crippen LogP contribution is 2.34. The molecule has 31 heteroatoms. The van der Waals surface area contributed by atoms with Crippen molar-refractivity contribution in [1.29, 1.82) is 0 Å². The Hall–Kier alpha value is -12.5. The van der Waals surface area contributed by atoms with Crippen molar-refractivity contribution in [1.82, 2.24) is 41.2 Å². The number of nitrogens with zero attached hydrogens (tertiary/aromatic N) is 4. The topological polar surface area (TPSA) is 353 Å². The number of amides is 4. The van der Waals surface area contributed by atoms with Gasteiger partial charge in [0.25, 0.3) is 63.7 Å². The van der Waals surface area contributed by atoms with Crippen LogP contribution < -0.4 is 40.2 Å². The van der Waals surface area contributed by atoms with Crippen molar-refractivity contribution in [2.45, 2.75) is 122 Å². The second-order valence-corrected chi connectivity index (χ2v) is 37.5. The van der Waals surface area contributed by atoms with Crippen molar-refractivity contribution in [3.05, 3.63) is 346 Å². The number of pyridine rings is 4. The molecule has 5 heterocycles. The smallest absolute Gasteiger partial charge is 0.271 e. The summed E-state index contributed by atoms with van der Waals surface area (Å²) < 4.78 is 115. The van der Waals surface area contributed by atoms with E-state index in [1.807, 2.05) is 106 Å². The fourth-order valence-electron chi connectivity index (χ4n) is 13.8. The number of thiophene rings is 1. The molecule has 9 aromatic carbocycles. The third-order valence-electron chi connectivity index (χ3n) is 20.0. The molecule has 24 nitrogen and oxygen atoms in total. The summed E-state index contributed by atoms with van der Waals surface area (Å²) in [6.07, 6.45) is 16.1. The molecule has 1 aliphatic rings. The molecule has 0 aliphatic heterocycles. The van der Waals surface area contributed by atoms with Gasteiger partial charge in [-0.15, -0.1) is 11.3 Å². The van der Waals surface area contributed by atoms with Crippen molar-refractivity contribution in [2.24, 2.45) is 0 Å². The van der Waals surface area contributed by atoms with E-state index >= 15 is 0 Å². The first-order valence-electron chi connectivity index (χ1n) is 39.5. The summed E-state index contributed by atoms with van der Waals surface area (Å²) in [4.78, 5) is 68.9. The first kappa shape index (κ1) is 89.8. The first-order chi connectivity index (χ1) is 59.3. The number of para-hydroxylation sites is 6. The largest absolute Gasteiger partial charge is 0.349 e. The van der Waals surface area contributed by atoms with Gasteiger partial charge in [0, 0.05) is 64.2 Å². The fourth-order valence-corrected chi connectivity index (χ4v) is 20.3. The van der Waals surface area contributed by atoms with Gasteiger partial charge in [-0.05, 0) is 164 Å². The molecule has 0 saturated heterocycles. The summed E-state index contributed by atoms with van der Waals surface area (Å²) in [5.41, 5.74) is 5.86. The van der Waals surface area contributed by atoms with Crippen LogP contribution in [0.5, 0.6) is 0 Å². The van der Waals surface area contributed by atoms with E-state index in [9.17, 15) is 52.8 Å². The van der Waals surface area contributed by atoms with Crippen LogP contribution in [-0.4, -0.2) is 89.3 Å². The molecular weight excluding hydrogens is 1700 g/mol. The Morgan fingerprint density at radius 3 is 1.25 bits per heavy atom. The lowest BCUT2D eigenvalue weighted by atomic mass is 9.95. The van der Waals surface area contributed by atoms with Gasteiger partial charge in [-0.3, -0.25) is 58.0 Å². The van der Waals surface area contributed by atoms with Crippen LogP contribution in [-0.2, 0) is 46.5 Å². The monoisotopic (exact) mass is 1780 g/mol. The summed E-state index contributed by atoms with van der Waals surface area (Å²) in [6.45, 7) is 5.93. The molecule has 632 valence electrons. The van der Waals surface area contributed by atoms with Gasteiger partial charge < -0.3 is 21.3 Å². The molecule has 1 fully saturated rings. The minimum absolute atomic E-state index is 0.0487. The normalized spacial score (nSPS) is 13.0. The maximum Gasteiger partial charge on any atom is 0.271 e. The predicted octanol–water partition coefficient (Wildman–Crippen LogP) is 18.9. The number of halogens is 2. The zero-order valence-electron chi connectivity index (χ0n) is 66.9. The van der Waals surface area contributed by atoms with Crippen LogP contribution in [0.1, 0.15) is 142 Å². The second-order valence-electron chi connectivity index (χ2n) is 28.4. The molecule has 1 saturated carbocycles. The number of hydrogen-bond donors (Lipinski definition) is 8. The molecule has 2 unspecified atom stereocenters. The molecule has 3 atom stereocenters. The fraction of sp³-hybridized carbons (Fsp3) is 0.174. The number of rotatable bonds is 27. The van der Waals surface area contributed by atoms with E-state index in [0.717, 1.165) is 70.9 Å². The molecule has 15 rings (SSSR count). The van der Waals surface area contributed by atoms with E-state index in [2.05, 4.69) is 60.1 Å². The molecule has 14 aromatic rings.